The molecule has 2 rings (SSSR count). The second-order valence-corrected chi connectivity index (χ2v) is 4.45. The molecule has 0 fully saturated rings. The number of hydrogen-bond acceptors (Lipinski definition) is 5. The highest BCUT2D eigenvalue weighted by Gasteiger charge is 2.31. The van der Waals surface area contributed by atoms with Crippen LogP contribution in [-0.2, 0) is 25.5 Å². The third kappa shape index (κ3) is 2.92. The first kappa shape index (κ1) is 14.0. The van der Waals surface area contributed by atoms with Gasteiger partial charge in [-0.05, 0) is 18.9 Å². The minimum atomic E-state index is -0.902. The van der Waals surface area contributed by atoms with Crippen molar-refractivity contribution < 1.29 is 19.1 Å². The van der Waals surface area contributed by atoms with Gasteiger partial charge in [-0.2, -0.15) is 0 Å². The lowest BCUT2D eigenvalue weighted by molar-refractivity contribution is -0.144. The molecule has 6 heteroatoms. The van der Waals surface area contributed by atoms with E-state index in [2.05, 4.69) is 0 Å². The first-order valence-electron chi connectivity index (χ1n) is 6.07. The van der Waals surface area contributed by atoms with Gasteiger partial charge in [-0.25, -0.2) is 4.79 Å². The Morgan fingerprint density at radius 2 is 1.90 bits per heavy atom. The Labute approximate surface area is 115 Å². The van der Waals surface area contributed by atoms with Gasteiger partial charge in [-0.1, -0.05) is 30.3 Å². The predicted octanol–water partition coefficient (Wildman–Crippen LogP) is 0.0300. The van der Waals surface area contributed by atoms with Crippen molar-refractivity contribution in [3.63, 3.8) is 0 Å². The fraction of sp³-hybridized carbons (Fsp3) is 0.214. The molecule has 1 aromatic carbocycles. The molecule has 0 saturated carbocycles. The molecule has 0 spiro atoms. The van der Waals surface area contributed by atoms with E-state index in [-0.39, 0.29) is 11.3 Å². The summed E-state index contributed by atoms with van der Waals surface area (Å²) in [5.41, 5.74) is 6.70. The van der Waals surface area contributed by atoms with E-state index in [1.807, 2.05) is 35.6 Å². The number of imide groups is 1. The lowest BCUT2D eigenvalue weighted by Gasteiger charge is -2.11. The molecule has 20 heavy (non-hydrogen) atoms. The molecule has 1 heterocycles. The Bertz CT molecular complexity index is 592. The van der Waals surface area contributed by atoms with Crippen molar-refractivity contribution in [1.82, 2.24) is 5.32 Å². The van der Waals surface area contributed by atoms with Crippen molar-refractivity contribution in [2.75, 3.05) is 0 Å². The number of amides is 2. The zero-order chi connectivity index (χ0) is 14.7. The number of carbonyl (C=O) groups excluding carboxylic acids is 3. The van der Waals surface area contributed by atoms with E-state index in [0.29, 0.717) is 6.42 Å². The quantitative estimate of drug-likeness (QED) is 0.596. The van der Waals surface area contributed by atoms with Crippen molar-refractivity contribution >= 4 is 17.8 Å². The van der Waals surface area contributed by atoms with Gasteiger partial charge in [0.2, 0.25) is 5.76 Å². The lowest BCUT2D eigenvalue weighted by Crippen LogP contribution is -2.35. The molecular weight excluding hydrogens is 260 g/mol. The number of ether oxygens (including phenoxy) is 1. The highest BCUT2D eigenvalue weighted by molar-refractivity contribution is 6.18. The van der Waals surface area contributed by atoms with Gasteiger partial charge in [-0.15, -0.1) is 0 Å². The minimum absolute atomic E-state index is 0.0789. The Kier molecular flexibility index (Phi) is 3.95. The molecule has 104 valence electrons. The summed E-state index contributed by atoms with van der Waals surface area (Å²) < 4.78 is 4.92. The van der Waals surface area contributed by atoms with E-state index in [4.69, 9.17) is 10.5 Å². The Hall–Kier alpha value is -2.47. The molecule has 0 unspecified atom stereocenters. The first-order valence-corrected chi connectivity index (χ1v) is 6.07. The van der Waals surface area contributed by atoms with Crippen LogP contribution in [0, 0.1) is 0 Å². The van der Waals surface area contributed by atoms with Crippen LogP contribution in [0.4, 0.5) is 0 Å². The number of benzene rings is 1. The van der Waals surface area contributed by atoms with Crippen LogP contribution in [0.25, 0.3) is 0 Å². The van der Waals surface area contributed by atoms with E-state index >= 15 is 0 Å². The minimum Gasteiger partial charge on any atom is -0.419 e. The summed E-state index contributed by atoms with van der Waals surface area (Å²) in [4.78, 5) is 34.5. The summed E-state index contributed by atoms with van der Waals surface area (Å²) in [5, 5.41) is 2.04. The number of rotatable bonds is 4. The molecule has 0 saturated heterocycles. The maximum atomic E-state index is 11.8. The average molecular weight is 274 g/mol. The molecule has 1 aromatic rings. The summed E-state index contributed by atoms with van der Waals surface area (Å²) in [7, 11) is 0. The second-order valence-electron chi connectivity index (χ2n) is 4.45. The smallest absolute Gasteiger partial charge is 0.328 e. The number of nitrogens with one attached hydrogen (secondary N) is 1. The molecule has 1 atom stereocenters. The van der Waals surface area contributed by atoms with Crippen LogP contribution in [0.3, 0.4) is 0 Å². The van der Waals surface area contributed by atoms with E-state index in [9.17, 15) is 14.4 Å². The third-order valence-electron chi connectivity index (χ3n) is 2.92. The number of hydrogen-bond donors (Lipinski definition) is 2. The van der Waals surface area contributed by atoms with E-state index in [1.165, 1.54) is 6.92 Å². The van der Waals surface area contributed by atoms with Gasteiger partial charge in [0.25, 0.3) is 11.8 Å². The van der Waals surface area contributed by atoms with E-state index < -0.39 is 23.8 Å². The molecule has 3 N–H and O–H groups in total. The van der Waals surface area contributed by atoms with Crippen LogP contribution < -0.4 is 11.1 Å². The normalized spacial score (nSPS) is 16.1. The maximum Gasteiger partial charge on any atom is 0.328 e. The molecule has 0 aliphatic carbocycles. The van der Waals surface area contributed by atoms with Crippen molar-refractivity contribution in [1.29, 1.82) is 0 Å². The molecule has 0 aromatic heterocycles. The van der Waals surface area contributed by atoms with Crippen molar-refractivity contribution in [2.45, 2.75) is 19.4 Å². The zero-order valence-electron chi connectivity index (χ0n) is 10.9. The fourth-order valence-electron chi connectivity index (χ4n) is 1.78. The van der Waals surface area contributed by atoms with Gasteiger partial charge in [0.15, 0.2) is 0 Å². The Balaban J connectivity index is 2.02. The van der Waals surface area contributed by atoms with Gasteiger partial charge >= 0.3 is 5.97 Å². The summed E-state index contributed by atoms with van der Waals surface area (Å²) in [6, 6.07) is 8.30. The summed E-state index contributed by atoms with van der Waals surface area (Å²) in [5.74, 6) is -2.29. The zero-order valence-corrected chi connectivity index (χ0v) is 10.9. The fourth-order valence-corrected chi connectivity index (χ4v) is 1.78. The summed E-state index contributed by atoms with van der Waals surface area (Å²) in [6.45, 7) is 1.41. The third-order valence-corrected chi connectivity index (χ3v) is 2.92. The Morgan fingerprint density at radius 1 is 1.25 bits per heavy atom. The standard InChI is InChI=1S/C14H14N2O4/c1-8-11(13(18)16-12(8)17)20-14(19)10(15)7-9-5-3-2-4-6-9/h2-6,10H,7,15H2,1H3,(H,16,17,18)/t10-/m0/s1. The highest BCUT2D eigenvalue weighted by atomic mass is 16.5. The number of nitrogens with two attached hydrogens (primary N) is 1. The van der Waals surface area contributed by atoms with Gasteiger partial charge in [-0.3, -0.25) is 14.9 Å². The average Bonchev–Trinajstić information content (AvgIpc) is 2.66. The van der Waals surface area contributed by atoms with Gasteiger partial charge in [0, 0.05) is 0 Å². The molecule has 1 aliphatic heterocycles. The van der Waals surface area contributed by atoms with Crippen molar-refractivity contribution in [3.8, 4) is 0 Å². The molecule has 1 aliphatic rings. The first-order chi connectivity index (χ1) is 9.49. The maximum absolute atomic E-state index is 11.8. The van der Waals surface area contributed by atoms with Crippen LogP contribution >= 0.6 is 0 Å². The van der Waals surface area contributed by atoms with Gasteiger partial charge in [0.1, 0.15) is 6.04 Å². The van der Waals surface area contributed by atoms with Crippen molar-refractivity contribution in [2.24, 2.45) is 5.73 Å². The molecule has 2 amide bonds. The van der Waals surface area contributed by atoms with Crippen LogP contribution in [0.5, 0.6) is 0 Å². The van der Waals surface area contributed by atoms with Crippen LogP contribution in [-0.4, -0.2) is 23.8 Å². The van der Waals surface area contributed by atoms with Crippen LogP contribution in [0.1, 0.15) is 12.5 Å². The summed E-state index contributed by atoms with van der Waals surface area (Å²) >= 11 is 0. The highest BCUT2D eigenvalue weighted by Crippen LogP contribution is 2.14. The molecule has 0 radical (unpaired) electrons. The van der Waals surface area contributed by atoms with Crippen LogP contribution in [0.15, 0.2) is 41.7 Å². The van der Waals surface area contributed by atoms with Crippen LogP contribution in [0.2, 0.25) is 0 Å². The molecular formula is C14H14N2O4. The SMILES string of the molecule is CC1=C(OC(=O)[C@@H](N)Cc2ccccc2)C(=O)NC1=O. The second kappa shape index (κ2) is 5.66. The molecule has 6 nitrogen and oxygen atoms in total. The topological polar surface area (TPSA) is 98.5 Å². The largest absolute Gasteiger partial charge is 0.419 e. The number of esters is 1. The molecule has 0 bridgehead atoms. The number of carbonyl (C=O) groups is 3. The predicted molar refractivity (Wildman–Crippen MR) is 70.1 cm³/mol. The van der Waals surface area contributed by atoms with Gasteiger partial charge < -0.3 is 10.5 Å². The van der Waals surface area contributed by atoms with Crippen molar-refractivity contribution in [3.05, 3.63) is 47.2 Å². The van der Waals surface area contributed by atoms with E-state index in [0.717, 1.165) is 5.56 Å². The monoisotopic (exact) mass is 274 g/mol. The van der Waals surface area contributed by atoms with Gasteiger partial charge in [0.05, 0.1) is 5.57 Å². The summed E-state index contributed by atoms with van der Waals surface area (Å²) in [6.07, 6.45) is 0.293. The van der Waals surface area contributed by atoms with E-state index in [1.54, 1.807) is 0 Å². The Morgan fingerprint density at radius 3 is 2.45 bits per heavy atom. The lowest BCUT2D eigenvalue weighted by atomic mass is 10.1.